The SMILES string of the molecule is CC(=O)NC1CCC(NC(=O)Nc2cc(-c3cnn(C)c3C)c(Cl)cn2)CC1. The zero-order chi connectivity index (χ0) is 20.3. The number of amides is 3. The van der Waals surface area contributed by atoms with Crippen molar-refractivity contribution in [1.29, 1.82) is 0 Å². The maximum atomic E-state index is 12.4. The summed E-state index contributed by atoms with van der Waals surface area (Å²) in [6.45, 7) is 3.48. The summed E-state index contributed by atoms with van der Waals surface area (Å²) in [5, 5.41) is 13.4. The molecule has 0 unspecified atom stereocenters. The van der Waals surface area contributed by atoms with Gasteiger partial charge in [-0.3, -0.25) is 14.8 Å². The van der Waals surface area contributed by atoms with Gasteiger partial charge in [-0.1, -0.05) is 11.6 Å². The van der Waals surface area contributed by atoms with E-state index in [1.165, 1.54) is 13.1 Å². The van der Waals surface area contributed by atoms with Crippen molar-refractivity contribution in [2.45, 2.75) is 51.6 Å². The maximum Gasteiger partial charge on any atom is 0.320 e. The van der Waals surface area contributed by atoms with Gasteiger partial charge in [0, 0.05) is 49.1 Å². The molecule has 0 atom stereocenters. The van der Waals surface area contributed by atoms with Gasteiger partial charge in [-0.2, -0.15) is 5.10 Å². The van der Waals surface area contributed by atoms with Crippen LogP contribution in [0.1, 0.15) is 38.3 Å². The van der Waals surface area contributed by atoms with E-state index in [1.807, 2.05) is 14.0 Å². The lowest BCUT2D eigenvalue weighted by Gasteiger charge is -2.29. The van der Waals surface area contributed by atoms with Crippen molar-refractivity contribution >= 4 is 29.4 Å². The van der Waals surface area contributed by atoms with Gasteiger partial charge in [0.05, 0.1) is 11.2 Å². The van der Waals surface area contributed by atoms with E-state index in [0.29, 0.717) is 10.8 Å². The number of rotatable bonds is 4. The normalized spacial score (nSPS) is 19.1. The number of aryl methyl sites for hydroxylation is 1. The minimum Gasteiger partial charge on any atom is -0.354 e. The van der Waals surface area contributed by atoms with Gasteiger partial charge in [-0.25, -0.2) is 9.78 Å². The molecule has 9 heteroatoms. The Kier molecular flexibility index (Phi) is 6.18. The van der Waals surface area contributed by atoms with E-state index in [4.69, 9.17) is 11.6 Å². The number of aromatic nitrogens is 3. The third-order valence-electron chi connectivity index (χ3n) is 5.09. The van der Waals surface area contributed by atoms with Crippen molar-refractivity contribution in [3.8, 4) is 11.1 Å². The highest BCUT2D eigenvalue weighted by molar-refractivity contribution is 6.33. The first-order valence-corrected chi connectivity index (χ1v) is 9.70. The van der Waals surface area contributed by atoms with Crippen molar-refractivity contribution in [2.24, 2.45) is 7.05 Å². The second kappa shape index (κ2) is 8.60. The first-order chi connectivity index (χ1) is 13.3. The van der Waals surface area contributed by atoms with Crippen LogP contribution in [0, 0.1) is 6.92 Å². The average Bonchev–Trinajstić information content (AvgIpc) is 2.97. The Morgan fingerprint density at radius 3 is 2.32 bits per heavy atom. The Balaban J connectivity index is 1.60. The average molecular weight is 405 g/mol. The topological polar surface area (TPSA) is 101 Å². The van der Waals surface area contributed by atoms with Crippen LogP contribution in [0.3, 0.4) is 0 Å². The van der Waals surface area contributed by atoms with Crippen LogP contribution in [0.4, 0.5) is 10.6 Å². The Labute approximate surface area is 169 Å². The molecule has 1 saturated carbocycles. The predicted octanol–water partition coefficient (Wildman–Crippen LogP) is 3.01. The van der Waals surface area contributed by atoms with Gasteiger partial charge in [0.1, 0.15) is 5.82 Å². The summed E-state index contributed by atoms with van der Waals surface area (Å²) in [6.07, 6.45) is 6.63. The molecular weight excluding hydrogens is 380 g/mol. The standard InChI is InChI=1S/C19H25ClN6O2/c1-11-16(9-22-26(11)3)15-8-18(21-10-17(15)20)25-19(28)24-14-6-4-13(5-7-14)23-12(2)27/h8-10,13-14H,4-7H2,1-3H3,(H,23,27)(H2,21,24,25,28). The van der Waals surface area contributed by atoms with Crippen LogP contribution in [0.15, 0.2) is 18.5 Å². The molecule has 1 fully saturated rings. The number of halogens is 1. The van der Waals surface area contributed by atoms with E-state index in [0.717, 1.165) is 42.5 Å². The van der Waals surface area contributed by atoms with E-state index < -0.39 is 0 Å². The molecule has 1 aliphatic rings. The summed E-state index contributed by atoms with van der Waals surface area (Å²) >= 11 is 6.30. The number of nitrogens with one attached hydrogen (secondary N) is 3. The maximum absolute atomic E-state index is 12.4. The van der Waals surface area contributed by atoms with E-state index in [9.17, 15) is 9.59 Å². The molecule has 3 amide bonds. The molecule has 0 radical (unpaired) electrons. The van der Waals surface area contributed by atoms with Gasteiger partial charge in [-0.05, 0) is 38.7 Å². The van der Waals surface area contributed by atoms with Gasteiger partial charge < -0.3 is 10.6 Å². The van der Waals surface area contributed by atoms with Crippen molar-refractivity contribution in [3.63, 3.8) is 0 Å². The second-order valence-electron chi connectivity index (χ2n) is 7.16. The highest BCUT2D eigenvalue weighted by Gasteiger charge is 2.23. The molecule has 0 aliphatic heterocycles. The molecule has 0 aromatic carbocycles. The van der Waals surface area contributed by atoms with Crippen molar-refractivity contribution < 1.29 is 9.59 Å². The van der Waals surface area contributed by atoms with Crippen LogP contribution >= 0.6 is 11.6 Å². The minimum atomic E-state index is -0.299. The van der Waals surface area contributed by atoms with Crippen LogP contribution in [0.25, 0.3) is 11.1 Å². The summed E-state index contributed by atoms with van der Waals surface area (Å²) in [5.74, 6) is 0.412. The second-order valence-corrected chi connectivity index (χ2v) is 7.57. The Morgan fingerprint density at radius 2 is 1.75 bits per heavy atom. The minimum absolute atomic E-state index is 0.0115. The third-order valence-corrected chi connectivity index (χ3v) is 5.39. The number of urea groups is 1. The highest BCUT2D eigenvalue weighted by Crippen LogP contribution is 2.31. The summed E-state index contributed by atoms with van der Waals surface area (Å²) in [4.78, 5) is 27.7. The Hall–Kier alpha value is -2.61. The van der Waals surface area contributed by atoms with Gasteiger partial charge in [0.2, 0.25) is 5.91 Å². The predicted molar refractivity (Wildman–Crippen MR) is 108 cm³/mol. The Morgan fingerprint density at radius 1 is 1.11 bits per heavy atom. The molecule has 3 N–H and O–H groups in total. The largest absolute Gasteiger partial charge is 0.354 e. The number of anilines is 1. The lowest BCUT2D eigenvalue weighted by atomic mass is 9.91. The van der Waals surface area contributed by atoms with E-state index in [-0.39, 0.29) is 24.0 Å². The molecular formula is C19H25ClN6O2. The molecule has 0 spiro atoms. The van der Waals surface area contributed by atoms with Crippen LogP contribution in [0.2, 0.25) is 5.02 Å². The van der Waals surface area contributed by atoms with Crippen molar-refractivity contribution in [3.05, 3.63) is 29.2 Å². The summed E-state index contributed by atoms with van der Waals surface area (Å²) < 4.78 is 1.77. The number of pyridine rings is 1. The molecule has 28 heavy (non-hydrogen) atoms. The fourth-order valence-electron chi connectivity index (χ4n) is 3.48. The number of hydrogen-bond acceptors (Lipinski definition) is 4. The number of nitrogens with zero attached hydrogens (tertiary/aromatic N) is 3. The summed E-state index contributed by atoms with van der Waals surface area (Å²) in [7, 11) is 1.86. The molecule has 150 valence electrons. The molecule has 0 bridgehead atoms. The molecule has 3 rings (SSSR count). The lowest BCUT2D eigenvalue weighted by Crippen LogP contribution is -2.44. The first-order valence-electron chi connectivity index (χ1n) is 9.32. The molecule has 2 aromatic heterocycles. The smallest absolute Gasteiger partial charge is 0.320 e. The molecule has 2 heterocycles. The molecule has 8 nitrogen and oxygen atoms in total. The monoisotopic (exact) mass is 404 g/mol. The zero-order valence-electron chi connectivity index (χ0n) is 16.3. The fourth-order valence-corrected chi connectivity index (χ4v) is 3.69. The number of hydrogen-bond donors (Lipinski definition) is 3. The quantitative estimate of drug-likeness (QED) is 0.729. The van der Waals surface area contributed by atoms with Crippen molar-refractivity contribution in [2.75, 3.05) is 5.32 Å². The van der Waals surface area contributed by atoms with Crippen LogP contribution in [-0.2, 0) is 11.8 Å². The third kappa shape index (κ3) is 4.81. The van der Waals surface area contributed by atoms with Gasteiger partial charge >= 0.3 is 6.03 Å². The highest BCUT2D eigenvalue weighted by atomic mass is 35.5. The van der Waals surface area contributed by atoms with E-state index in [1.54, 1.807) is 16.9 Å². The number of carbonyl (C=O) groups excluding carboxylic acids is 2. The van der Waals surface area contributed by atoms with Crippen LogP contribution < -0.4 is 16.0 Å². The van der Waals surface area contributed by atoms with Crippen LogP contribution in [-0.4, -0.2) is 38.8 Å². The Bertz CT molecular complexity index is 873. The fraction of sp³-hybridized carbons (Fsp3) is 0.474. The molecule has 1 aliphatic carbocycles. The lowest BCUT2D eigenvalue weighted by molar-refractivity contribution is -0.119. The number of carbonyl (C=O) groups is 2. The summed E-state index contributed by atoms with van der Waals surface area (Å²) in [5.41, 5.74) is 2.64. The molecule has 0 saturated heterocycles. The summed E-state index contributed by atoms with van der Waals surface area (Å²) in [6, 6.07) is 1.73. The molecule has 2 aromatic rings. The first kappa shape index (κ1) is 20.1. The van der Waals surface area contributed by atoms with Gasteiger partial charge in [0.25, 0.3) is 0 Å². The van der Waals surface area contributed by atoms with Gasteiger partial charge in [-0.15, -0.1) is 0 Å². The van der Waals surface area contributed by atoms with E-state index >= 15 is 0 Å². The van der Waals surface area contributed by atoms with Crippen LogP contribution in [0.5, 0.6) is 0 Å². The van der Waals surface area contributed by atoms with Crippen molar-refractivity contribution in [1.82, 2.24) is 25.4 Å². The van der Waals surface area contributed by atoms with E-state index in [2.05, 4.69) is 26.0 Å². The zero-order valence-corrected chi connectivity index (χ0v) is 17.0. The van der Waals surface area contributed by atoms with Gasteiger partial charge in [0.15, 0.2) is 0 Å².